The van der Waals surface area contributed by atoms with Crippen LogP contribution in [0.5, 0.6) is 0 Å². The van der Waals surface area contributed by atoms with Crippen molar-refractivity contribution in [2.24, 2.45) is 5.92 Å². The molecule has 0 bridgehead atoms. The molecule has 1 heterocycles. The standard InChI is InChI=1S/C27H33N3O3S/c1-20-15-17-29(18-16-20)24-13-11-22(12-14-24)21(2)28-27(31)19-30(34(3,32)33)26-10-6-8-23-7-4-5-9-25(23)26/h4-14,20-21H,15-19H2,1-3H3,(H,28,31). The van der Waals surface area contributed by atoms with Crippen molar-refractivity contribution in [3.8, 4) is 0 Å². The summed E-state index contributed by atoms with van der Waals surface area (Å²) >= 11 is 0. The third-order valence-corrected chi connectivity index (χ3v) is 7.77. The van der Waals surface area contributed by atoms with Gasteiger partial charge in [0.25, 0.3) is 0 Å². The van der Waals surface area contributed by atoms with Crippen LogP contribution in [-0.2, 0) is 14.8 Å². The predicted octanol–water partition coefficient (Wildman–Crippen LogP) is 4.72. The number of sulfonamides is 1. The van der Waals surface area contributed by atoms with Gasteiger partial charge >= 0.3 is 0 Å². The van der Waals surface area contributed by atoms with Gasteiger partial charge in [-0.1, -0.05) is 55.5 Å². The van der Waals surface area contributed by atoms with E-state index in [1.54, 1.807) is 12.1 Å². The van der Waals surface area contributed by atoms with E-state index in [1.807, 2.05) is 49.4 Å². The molecule has 0 aliphatic carbocycles. The molecule has 1 aliphatic heterocycles. The molecule has 1 saturated heterocycles. The summed E-state index contributed by atoms with van der Waals surface area (Å²) in [5, 5.41) is 4.68. The molecule has 180 valence electrons. The van der Waals surface area contributed by atoms with Crippen molar-refractivity contribution in [1.29, 1.82) is 0 Å². The third kappa shape index (κ3) is 5.53. The van der Waals surface area contributed by atoms with E-state index < -0.39 is 10.0 Å². The Kier molecular flexibility index (Phi) is 7.12. The lowest BCUT2D eigenvalue weighted by atomic mass is 9.98. The highest BCUT2D eigenvalue weighted by molar-refractivity contribution is 7.92. The number of carbonyl (C=O) groups excluding carboxylic acids is 1. The van der Waals surface area contributed by atoms with Gasteiger partial charge in [0.1, 0.15) is 6.54 Å². The lowest BCUT2D eigenvalue weighted by Crippen LogP contribution is -2.41. The first-order valence-electron chi connectivity index (χ1n) is 11.8. The summed E-state index contributed by atoms with van der Waals surface area (Å²) in [7, 11) is -3.66. The summed E-state index contributed by atoms with van der Waals surface area (Å²) < 4.78 is 26.4. The lowest BCUT2D eigenvalue weighted by molar-refractivity contribution is -0.120. The minimum atomic E-state index is -3.66. The highest BCUT2D eigenvalue weighted by Crippen LogP contribution is 2.29. The molecule has 1 aliphatic rings. The molecule has 1 N–H and O–H groups in total. The van der Waals surface area contributed by atoms with Gasteiger partial charge < -0.3 is 10.2 Å². The van der Waals surface area contributed by atoms with Gasteiger partial charge in [-0.3, -0.25) is 9.10 Å². The van der Waals surface area contributed by atoms with Crippen LogP contribution in [0.25, 0.3) is 10.8 Å². The number of fused-ring (bicyclic) bond motifs is 1. The van der Waals surface area contributed by atoms with Crippen LogP contribution in [0.15, 0.2) is 66.7 Å². The Morgan fingerprint density at radius 1 is 1.03 bits per heavy atom. The van der Waals surface area contributed by atoms with E-state index in [9.17, 15) is 13.2 Å². The summed E-state index contributed by atoms with van der Waals surface area (Å²) in [6.07, 6.45) is 3.55. The van der Waals surface area contributed by atoms with E-state index >= 15 is 0 Å². The van der Waals surface area contributed by atoms with E-state index in [0.717, 1.165) is 41.6 Å². The van der Waals surface area contributed by atoms with Crippen molar-refractivity contribution < 1.29 is 13.2 Å². The van der Waals surface area contributed by atoms with Crippen LogP contribution < -0.4 is 14.5 Å². The fourth-order valence-corrected chi connectivity index (χ4v) is 5.42. The van der Waals surface area contributed by atoms with Crippen LogP contribution in [0, 0.1) is 5.92 Å². The third-order valence-electron chi connectivity index (χ3n) is 6.64. The zero-order valence-corrected chi connectivity index (χ0v) is 20.9. The quantitative estimate of drug-likeness (QED) is 0.532. The number of nitrogens with zero attached hydrogens (tertiary/aromatic N) is 2. The van der Waals surface area contributed by atoms with Crippen molar-refractivity contribution >= 4 is 38.1 Å². The molecule has 0 aromatic heterocycles. The highest BCUT2D eigenvalue weighted by atomic mass is 32.2. The summed E-state index contributed by atoms with van der Waals surface area (Å²) in [6, 6.07) is 21.1. The van der Waals surface area contributed by atoms with Crippen molar-refractivity contribution in [1.82, 2.24) is 5.32 Å². The fourth-order valence-electron chi connectivity index (χ4n) is 4.55. The molecule has 1 amide bonds. The van der Waals surface area contributed by atoms with Crippen LogP contribution in [0.4, 0.5) is 11.4 Å². The summed E-state index contributed by atoms with van der Waals surface area (Å²) in [5.74, 6) is 0.436. The number of carbonyl (C=O) groups is 1. The maximum atomic E-state index is 12.9. The average molecular weight is 480 g/mol. The highest BCUT2D eigenvalue weighted by Gasteiger charge is 2.23. The Morgan fingerprint density at radius 3 is 2.35 bits per heavy atom. The van der Waals surface area contributed by atoms with Gasteiger partial charge in [-0.2, -0.15) is 0 Å². The topological polar surface area (TPSA) is 69.7 Å². The number of piperidine rings is 1. The maximum Gasteiger partial charge on any atom is 0.241 e. The van der Waals surface area contributed by atoms with Crippen molar-refractivity contribution in [3.05, 3.63) is 72.3 Å². The number of hydrogen-bond acceptors (Lipinski definition) is 4. The number of rotatable bonds is 7. The minimum Gasteiger partial charge on any atom is -0.372 e. The monoisotopic (exact) mass is 479 g/mol. The molecule has 4 rings (SSSR count). The molecule has 0 spiro atoms. The van der Waals surface area contributed by atoms with Gasteiger partial charge in [0, 0.05) is 24.2 Å². The molecule has 34 heavy (non-hydrogen) atoms. The normalized spacial score (nSPS) is 15.8. The van der Waals surface area contributed by atoms with Crippen LogP contribution in [0.1, 0.15) is 38.3 Å². The van der Waals surface area contributed by atoms with Crippen LogP contribution >= 0.6 is 0 Å². The molecule has 3 aromatic carbocycles. The van der Waals surface area contributed by atoms with E-state index in [2.05, 4.69) is 29.3 Å². The molecule has 3 aromatic rings. The molecular formula is C27H33N3O3S. The van der Waals surface area contributed by atoms with Gasteiger partial charge in [-0.25, -0.2) is 8.42 Å². The molecule has 6 nitrogen and oxygen atoms in total. The first-order chi connectivity index (χ1) is 16.2. The van der Waals surface area contributed by atoms with Gasteiger partial charge in [0.15, 0.2) is 0 Å². The number of benzene rings is 3. The number of anilines is 2. The summed E-state index contributed by atoms with van der Waals surface area (Å²) in [6.45, 7) is 6.08. The van der Waals surface area contributed by atoms with Crippen molar-refractivity contribution in [2.45, 2.75) is 32.7 Å². The number of amides is 1. The van der Waals surface area contributed by atoms with E-state index in [-0.39, 0.29) is 18.5 Å². The van der Waals surface area contributed by atoms with Crippen LogP contribution in [0.3, 0.4) is 0 Å². The molecule has 0 saturated carbocycles. The molecule has 1 fully saturated rings. The van der Waals surface area contributed by atoms with Gasteiger partial charge in [0.05, 0.1) is 18.0 Å². The lowest BCUT2D eigenvalue weighted by Gasteiger charge is -2.32. The zero-order valence-electron chi connectivity index (χ0n) is 20.1. The first-order valence-corrected chi connectivity index (χ1v) is 13.7. The second-order valence-corrected chi connectivity index (χ2v) is 11.2. The zero-order chi connectivity index (χ0) is 24.3. The largest absolute Gasteiger partial charge is 0.372 e. The van der Waals surface area contributed by atoms with Crippen molar-refractivity contribution in [3.63, 3.8) is 0 Å². The average Bonchev–Trinajstić information content (AvgIpc) is 2.82. The van der Waals surface area contributed by atoms with E-state index in [0.29, 0.717) is 5.69 Å². The second kappa shape index (κ2) is 10.1. The molecular weight excluding hydrogens is 446 g/mol. The number of nitrogens with one attached hydrogen (secondary N) is 1. The van der Waals surface area contributed by atoms with Gasteiger partial charge in [0.2, 0.25) is 15.9 Å². The molecule has 7 heteroatoms. The van der Waals surface area contributed by atoms with Gasteiger partial charge in [-0.05, 0) is 54.8 Å². The first kappa shape index (κ1) is 24.1. The Labute approximate surface area is 202 Å². The Hall–Kier alpha value is -3.06. The Bertz CT molecular complexity index is 1240. The summed E-state index contributed by atoms with van der Waals surface area (Å²) in [5.41, 5.74) is 2.69. The van der Waals surface area contributed by atoms with Crippen LogP contribution in [-0.4, -0.2) is 40.2 Å². The van der Waals surface area contributed by atoms with E-state index in [1.165, 1.54) is 22.8 Å². The number of hydrogen-bond donors (Lipinski definition) is 1. The van der Waals surface area contributed by atoms with Gasteiger partial charge in [-0.15, -0.1) is 0 Å². The molecule has 1 unspecified atom stereocenters. The van der Waals surface area contributed by atoms with Crippen LogP contribution in [0.2, 0.25) is 0 Å². The molecule has 1 atom stereocenters. The molecule has 0 radical (unpaired) electrons. The maximum absolute atomic E-state index is 12.9. The Balaban J connectivity index is 1.46. The Morgan fingerprint density at radius 2 is 1.68 bits per heavy atom. The predicted molar refractivity (Wildman–Crippen MR) is 140 cm³/mol. The van der Waals surface area contributed by atoms with Crippen molar-refractivity contribution in [2.75, 3.05) is 35.1 Å². The minimum absolute atomic E-state index is 0.239. The smallest absolute Gasteiger partial charge is 0.241 e. The SMILES string of the molecule is CC1CCN(c2ccc(C(C)NC(=O)CN(c3cccc4ccccc34)S(C)(=O)=O)cc2)CC1. The summed E-state index contributed by atoms with van der Waals surface area (Å²) in [4.78, 5) is 15.3. The van der Waals surface area contributed by atoms with E-state index in [4.69, 9.17) is 0 Å². The fraction of sp³-hybridized carbons (Fsp3) is 0.370. The second-order valence-electron chi connectivity index (χ2n) is 9.32.